The predicted octanol–water partition coefficient (Wildman–Crippen LogP) is 2.67. The lowest BCUT2D eigenvalue weighted by atomic mass is 10.1. The average Bonchev–Trinajstić information content (AvgIpc) is 2.68. The maximum Gasteiger partial charge on any atom is 0.255 e. The Labute approximate surface area is 154 Å². The first-order valence-corrected chi connectivity index (χ1v) is 8.93. The largest absolute Gasteiger partial charge is 0.497 e. The van der Waals surface area contributed by atoms with Gasteiger partial charge in [0, 0.05) is 37.4 Å². The highest BCUT2D eigenvalue weighted by Gasteiger charge is 2.19. The van der Waals surface area contributed by atoms with Crippen molar-refractivity contribution in [2.45, 2.75) is 6.92 Å². The van der Waals surface area contributed by atoms with Crippen molar-refractivity contribution in [2.24, 2.45) is 0 Å². The Morgan fingerprint density at radius 3 is 2.42 bits per heavy atom. The number of methoxy groups -OCH3 is 1. The monoisotopic (exact) mass is 354 g/mol. The molecule has 6 heteroatoms. The summed E-state index contributed by atoms with van der Waals surface area (Å²) in [4.78, 5) is 17.4. The summed E-state index contributed by atoms with van der Waals surface area (Å²) in [6.45, 7) is 7.15. The van der Waals surface area contributed by atoms with Gasteiger partial charge in [0.2, 0.25) is 0 Å². The molecule has 2 aromatic carbocycles. The highest BCUT2D eigenvalue weighted by Crippen LogP contribution is 2.29. The third-order valence-corrected chi connectivity index (χ3v) is 4.78. The van der Waals surface area contributed by atoms with Crippen molar-refractivity contribution in [3.05, 3.63) is 48.0 Å². The van der Waals surface area contributed by atoms with E-state index >= 15 is 0 Å². The number of amides is 1. The van der Waals surface area contributed by atoms with Crippen LogP contribution in [0.15, 0.2) is 42.5 Å². The number of piperazine rings is 1. The molecule has 138 valence electrons. The van der Waals surface area contributed by atoms with Crippen LogP contribution in [0.2, 0.25) is 0 Å². The summed E-state index contributed by atoms with van der Waals surface area (Å²) in [6, 6.07) is 12.7. The summed E-state index contributed by atoms with van der Waals surface area (Å²) >= 11 is 0. The number of ether oxygens (including phenoxy) is 1. The summed E-state index contributed by atoms with van der Waals surface area (Å²) in [5.41, 5.74) is 8.92. The van der Waals surface area contributed by atoms with Gasteiger partial charge in [0.25, 0.3) is 5.91 Å². The van der Waals surface area contributed by atoms with Crippen LogP contribution in [0.3, 0.4) is 0 Å². The molecule has 3 N–H and O–H groups in total. The molecular formula is C20H26N4O2. The van der Waals surface area contributed by atoms with E-state index < -0.39 is 0 Å². The molecule has 1 aliphatic rings. The molecule has 1 aliphatic heterocycles. The first-order chi connectivity index (χ1) is 12.6. The van der Waals surface area contributed by atoms with Gasteiger partial charge in [0.1, 0.15) is 5.75 Å². The highest BCUT2D eigenvalue weighted by atomic mass is 16.5. The van der Waals surface area contributed by atoms with Gasteiger partial charge in [0.05, 0.1) is 18.5 Å². The van der Waals surface area contributed by atoms with Crippen LogP contribution in [-0.2, 0) is 0 Å². The molecule has 0 unspecified atom stereocenters. The van der Waals surface area contributed by atoms with Crippen LogP contribution in [0, 0.1) is 0 Å². The minimum Gasteiger partial charge on any atom is -0.497 e. The molecule has 0 saturated carbocycles. The van der Waals surface area contributed by atoms with E-state index in [0.717, 1.165) is 49.8 Å². The number of nitrogens with one attached hydrogen (secondary N) is 1. The van der Waals surface area contributed by atoms with Crippen molar-refractivity contribution < 1.29 is 9.53 Å². The third kappa shape index (κ3) is 4.08. The van der Waals surface area contributed by atoms with Crippen LogP contribution in [0.4, 0.5) is 17.1 Å². The Kier molecular flexibility index (Phi) is 5.63. The second-order valence-electron chi connectivity index (χ2n) is 6.38. The van der Waals surface area contributed by atoms with E-state index in [-0.39, 0.29) is 5.91 Å². The fourth-order valence-corrected chi connectivity index (χ4v) is 3.17. The topological polar surface area (TPSA) is 70.8 Å². The first-order valence-electron chi connectivity index (χ1n) is 8.93. The number of carbonyl (C=O) groups excluding carboxylic acids is 1. The molecule has 1 amide bonds. The molecule has 1 heterocycles. The smallest absolute Gasteiger partial charge is 0.255 e. The van der Waals surface area contributed by atoms with E-state index in [1.807, 2.05) is 18.2 Å². The number of nitrogen functional groups attached to an aromatic ring is 1. The van der Waals surface area contributed by atoms with Gasteiger partial charge in [-0.05, 0) is 49.0 Å². The minimum absolute atomic E-state index is 0.160. The Balaban J connectivity index is 1.78. The van der Waals surface area contributed by atoms with E-state index in [4.69, 9.17) is 10.5 Å². The van der Waals surface area contributed by atoms with Crippen LogP contribution in [-0.4, -0.2) is 50.6 Å². The summed E-state index contributed by atoms with van der Waals surface area (Å²) in [5.74, 6) is 0.562. The maximum atomic E-state index is 12.6. The molecule has 1 fully saturated rings. The van der Waals surface area contributed by atoms with Gasteiger partial charge >= 0.3 is 0 Å². The van der Waals surface area contributed by atoms with Crippen LogP contribution in [0.1, 0.15) is 17.3 Å². The number of carbonyl (C=O) groups is 1. The summed E-state index contributed by atoms with van der Waals surface area (Å²) < 4.78 is 5.14. The number of hydrogen-bond acceptors (Lipinski definition) is 5. The number of benzene rings is 2. The number of anilines is 3. The zero-order chi connectivity index (χ0) is 18.5. The lowest BCUT2D eigenvalue weighted by Gasteiger charge is -2.36. The molecule has 0 aromatic heterocycles. The molecule has 0 atom stereocenters. The summed E-state index contributed by atoms with van der Waals surface area (Å²) in [5, 5.41) is 3.01. The molecule has 0 radical (unpaired) electrons. The van der Waals surface area contributed by atoms with E-state index in [0.29, 0.717) is 11.3 Å². The van der Waals surface area contributed by atoms with Crippen LogP contribution in [0.5, 0.6) is 5.75 Å². The van der Waals surface area contributed by atoms with Crippen LogP contribution in [0.25, 0.3) is 0 Å². The second kappa shape index (κ2) is 8.10. The van der Waals surface area contributed by atoms with Gasteiger partial charge in [-0.1, -0.05) is 6.92 Å². The molecule has 0 bridgehead atoms. The molecule has 0 spiro atoms. The predicted molar refractivity (Wildman–Crippen MR) is 106 cm³/mol. The van der Waals surface area contributed by atoms with Crippen LogP contribution < -0.4 is 20.7 Å². The number of nitrogens with two attached hydrogens (primary N) is 1. The molecule has 0 aliphatic carbocycles. The number of rotatable bonds is 5. The lowest BCUT2D eigenvalue weighted by molar-refractivity contribution is 0.102. The lowest BCUT2D eigenvalue weighted by Crippen LogP contribution is -2.46. The van der Waals surface area contributed by atoms with Crippen molar-refractivity contribution in [2.75, 3.05) is 55.8 Å². The van der Waals surface area contributed by atoms with E-state index in [9.17, 15) is 4.79 Å². The average molecular weight is 354 g/mol. The molecule has 26 heavy (non-hydrogen) atoms. The highest BCUT2D eigenvalue weighted by molar-refractivity contribution is 6.06. The second-order valence-corrected chi connectivity index (χ2v) is 6.38. The maximum absolute atomic E-state index is 12.6. The Morgan fingerprint density at radius 1 is 1.12 bits per heavy atom. The van der Waals surface area contributed by atoms with E-state index in [1.165, 1.54) is 0 Å². The van der Waals surface area contributed by atoms with Gasteiger partial charge in [-0.25, -0.2) is 0 Å². The van der Waals surface area contributed by atoms with Gasteiger partial charge in [0.15, 0.2) is 0 Å². The van der Waals surface area contributed by atoms with Crippen molar-refractivity contribution in [1.82, 2.24) is 4.90 Å². The fraction of sp³-hybridized carbons (Fsp3) is 0.350. The molecular weight excluding hydrogens is 328 g/mol. The SMILES string of the molecule is CCN1CCN(c2ccc(N)cc2NC(=O)c2ccc(OC)cc2)CC1. The zero-order valence-electron chi connectivity index (χ0n) is 15.4. The van der Waals surface area contributed by atoms with Crippen molar-refractivity contribution in [3.63, 3.8) is 0 Å². The molecule has 2 aromatic rings. The minimum atomic E-state index is -0.160. The Morgan fingerprint density at radius 2 is 1.81 bits per heavy atom. The van der Waals surface area contributed by atoms with E-state index in [2.05, 4.69) is 22.0 Å². The number of likely N-dealkylation sites (N-methyl/N-ethyl adjacent to an activating group) is 1. The molecule has 1 saturated heterocycles. The first kappa shape index (κ1) is 18.1. The van der Waals surface area contributed by atoms with Crippen molar-refractivity contribution >= 4 is 23.0 Å². The quantitative estimate of drug-likeness (QED) is 0.808. The van der Waals surface area contributed by atoms with Gasteiger partial charge in [-0.3, -0.25) is 4.79 Å². The van der Waals surface area contributed by atoms with Gasteiger partial charge < -0.3 is 25.6 Å². The van der Waals surface area contributed by atoms with E-state index in [1.54, 1.807) is 31.4 Å². The summed E-state index contributed by atoms with van der Waals surface area (Å²) in [7, 11) is 1.60. The Hall–Kier alpha value is -2.73. The summed E-state index contributed by atoms with van der Waals surface area (Å²) in [6.07, 6.45) is 0. The van der Waals surface area contributed by atoms with Gasteiger partial charge in [-0.2, -0.15) is 0 Å². The molecule has 3 rings (SSSR count). The van der Waals surface area contributed by atoms with Crippen molar-refractivity contribution in [3.8, 4) is 5.75 Å². The normalized spacial score (nSPS) is 14.9. The van der Waals surface area contributed by atoms with Crippen LogP contribution >= 0.6 is 0 Å². The number of nitrogens with zero attached hydrogens (tertiary/aromatic N) is 2. The number of hydrogen-bond donors (Lipinski definition) is 2. The fourth-order valence-electron chi connectivity index (χ4n) is 3.17. The zero-order valence-corrected chi connectivity index (χ0v) is 15.4. The standard InChI is InChI=1S/C20H26N4O2/c1-3-23-10-12-24(13-11-23)19-9-6-16(21)14-18(19)22-20(25)15-4-7-17(26-2)8-5-15/h4-9,14H,3,10-13,21H2,1-2H3,(H,22,25). The Bertz CT molecular complexity index is 753. The third-order valence-electron chi connectivity index (χ3n) is 4.78. The molecule has 6 nitrogen and oxygen atoms in total. The van der Waals surface area contributed by atoms with Crippen molar-refractivity contribution in [1.29, 1.82) is 0 Å². The van der Waals surface area contributed by atoms with Gasteiger partial charge in [-0.15, -0.1) is 0 Å².